The lowest BCUT2D eigenvalue weighted by Gasteiger charge is -2.07. The van der Waals surface area contributed by atoms with E-state index >= 15 is 0 Å². The van der Waals surface area contributed by atoms with Crippen LogP contribution in [0.4, 0.5) is 5.69 Å². The van der Waals surface area contributed by atoms with Crippen LogP contribution in [0.3, 0.4) is 0 Å². The minimum absolute atomic E-state index is 0.0473. The van der Waals surface area contributed by atoms with Gasteiger partial charge in [-0.05, 0) is 47.9 Å². The number of benzene rings is 3. The highest BCUT2D eigenvalue weighted by molar-refractivity contribution is 5.92. The molecule has 4 aromatic rings. The fourth-order valence-electron chi connectivity index (χ4n) is 3.01. The van der Waals surface area contributed by atoms with Gasteiger partial charge in [-0.1, -0.05) is 49.4 Å². The highest BCUT2D eigenvalue weighted by Gasteiger charge is 2.10. The number of hydrogen-bond acceptors (Lipinski definition) is 3. The molecule has 1 N–H and O–H groups in total. The van der Waals surface area contributed by atoms with E-state index in [-0.39, 0.29) is 5.91 Å². The van der Waals surface area contributed by atoms with Gasteiger partial charge in [0.15, 0.2) is 5.58 Å². The number of oxazole rings is 1. The zero-order valence-corrected chi connectivity index (χ0v) is 15.1. The molecule has 1 heterocycles. The Labute approximate surface area is 157 Å². The van der Waals surface area contributed by atoms with Gasteiger partial charge in [0.05, 0.1) is 6.42 Å². The Morgan fingerprint density at radius 2 is 1.74 bits per heavy atom. The molecule has 27 heavy (non-hydrogen) atoms. The lowest BCUT2D eigenvalue weighted by Crippen LogP contribution is -2.14. The molecule has 4 heteroatoms. The molecule has 3 aromatic carbocycles. The highest BCUT2D eigenvalue weighted by atomic mass is 16.3. The number of aryl methyl sites for hydroxylation is 1. The van der Waals surface area contributed by atoms with Gasteiger partial charge in [-0.3, -0.25) is 4.79 Å². The molecule has 4 nitrogen and oxygen atoms in total. The molecule has 0 atom stereocenters. The van der Waals surface area contributed by atoms with Crippen molar-refractivity contribution in [1.29, 1.82) is 0 Å². The van der Waals surface area contributed by atoms with Crippen LogP contribution in [0, 0.1) is 0 Å². The molecule has 0 radical (unpaired) electrons. The maximum atomic E-state index is 12.4. The number of hydrogen-bond donors (Lipinski definition) is 1. The predicted octanol–water partition coefficient (Wildman–Crippen LogP) is 5.24. The van der Waals surface area contributed by atoms with Crippen molar-refractivity contribution in [3.63, 3.8) is 0 Å². The number of rotatable bonds is 5. The molecule has 0 saturated heterocycles. The molecule has 0 bridgehead atoms. The summed E-state index contributed by atoms with van der Waals surface area (Å²) < 4.78 is 5.81. The summed E-state index contributed by atoms with van der Waals surface area (Å²) >= 11 is 0. The Kier molecular flexibility index (Phi) is 4.71. The van der Waals surface area contributed by atoms with E-state index in [1.165, 1.54) is 5.56 Å². The Bertz CT molecular complexity index is 1050. The van der Waals surface area contributed by atoms with Gasteiger partial charge < -0.3 is 9.73 Å². The van der Waals surface area contributed by atoms with Crippen molar-refractivity contribution >= 4 is 22.7 Å². The van der Waals surface area contributed by atoms with Gasteiger partial charge in [-0.25, -0.2) is 4.98 Å². The van der Waals surface area contributed by atoms with Crippen molar-refractivity contribution in [2.45, 2.75) is 19.8 Å². The number of fused-ring (bicyclic) bond motifs is 1. The normalized spacial score (nSPS) is 10.9. The fraction of sp³-hybridized carbons (Fsp3) is 0.130. The number of nitrogens with zero attached hydrogens (tertiary/aromatic N) is 1. The molecule has 0 fully saturated rings. The third-order valence-corrected chi connectivity index (χ3v) is 4.48. The van der Waals surface area contributed by atoms with E-state index in [2.05, 4.69) is 29.4 Å². The van der Waals surface area contributed by atoms with Crippen molar-refractivity contribution in [2.75, 3.05) is 5.32 Å². The highest BCUT2D eigenvalue weighted by Crippen LogP contribution is 2.26. The van der Waals surface area contributed by atoms with Crippen molar-refractivity contribution < 1.29 is 9.21 Å². The maximum Gasteiger partial charge on any atom is 0.228 e. The largest absolute Gasteiger partial charge is 0.436 e. The molecule has 0 saturated carbocycles. The summed E-state index contributed by atoms with van der Waals surface area (Å²) in [5.74, 6) is 0.497. The summed E-state index contributed by atoms with van der Waals surface area (Å²) in [6.45, 7) is 2.12. The van der Waals surface area contributed by atoms with E-state index in [9.17, 15) is 4.79 Å². The monoisotopic (exact) mass is 356 g/mol. The second-order valence-corrected chi connectivity index (χ2v) is 6.46. The van der Waals surface area contributed by atoms with Crippen molar-refractivity contribution in [3.05, 3.63) is 83.9 Å². The number of carbonyl (C=O) groups excluding carboxylic acids is 1. The van der Waals surface area contributed by atoms with Crippen LogP contribution >= 0.6 is 0 Å². The quantitative estimate of drug-likeness (QED) is 0.532. The lowest BCUT2D eigenvalue weighted by atomic mass is 10.1. The summed E-state index contributed by atoms with van der Waals surface area (Å²) in [5, 5.41) is 2.95. The van der Waals surface area contributed by atoms with E-state index in [4.69, 9.17) is 4.42 Å². The van der Waals surface area contributed by atoms with Gasteiger partial charge in [0.2, 0.25) is 11.8 Å². The minimum atomic E-state index is -0.0473. The first kappa shape index (κ1) is 17.0. The van der Waals surface area contributed by atoms with Crippen LogP contribution < -0.4 is 5.32 Å². The summed E-state index contributed by atoms with van der Waals surface area (Å²) in [5.41, 5.74) is 5.39. The molecule has 0 aliphatic heterocycles. The Morgan fingerprint density at radius 3 is 2.52 bits per heavy atom. The Balaban J connectivity index is 1.49. The van der Waals surface area contributed by atoms with Crippen LogP contribution in [-0.2, 0) is 17.6 Å². The van der Waals surface area contributed by atoms with E-state index < -0.39 is 0 Å². The van der Waals surface area contributed by atoms with E-state index in [1.54, 1.807) is 0 Å². The van der Waals surface area contributed by atoms with Crippen molar-refractivity contribution in [3.8, 4) is 11.5 Å². The molecule has 0 aliphatic carbocycles. The first-order valence-corrected chi connectivity index (χ1v) is 9.05. The predicted molar refractivity (Wildman–Crippen MR) is 108 cm³/mol. The molecule has 1 aromatic heterocycles. The minimum Gasteiger partial charge on any atom is -0.436 e. The van der Waals surface area contributed by atoms with Crippen LogP contribution in [0.15, 0.2) is 77.2 Å². The Morgan fingerprint density at radius 1 is 0.963 bits per heavy atom. The van der Waals surface area contributed by atoms with Crippen molar-refractivity contribution in [2.24, 2.45) is 0 Å². The standard InChI is InChI=1S/C23H20N2O2/c1-2-16-10-12-17(13-11-16)14-22(26)24-19-7-5-6-18(15-19)23-25-20-8-3-4-9-21(20)27-23/h3-13,15H,2,14H2,1H3,(H,24,26). The lowest BCUT2D eigenvalue weighted by molar-refractivity contribution is -0.115. The van der Waals surface area contributed by atoms with Gasteiger partial charge in [0.1, 0.15) is 5.52 Å². The number of nitrogens with one attached hydrogen (secondary N) is 1. The Hall–Kier alpha value is -3.40. The second kappa shape index (κ2) is 7.46. The van der Waals surface area contributed by atoms with E-state index in [1.807, 2.05) is 60.7 Å². The SMILES string of the molecule is CCc1ccc(CC(=O)Nc2cccc(-c3nc4ccccc4o3)c2)cc1. The molecule has 1 amide bonds. The number of carbonyl (C=O) groups is 1. The third-order valence-electron chi connectivity index (χ3n) is 4.48. The van der Waals surface area contributed by atoms with Gasteiger partial charge in [0.25, 0.3) is 0 Å². The third kappa shape index (κ3) is 3.90. The molecular weight excluding hydrogens is 336 g/mol. The van der Waals surface area contributed by atoms with Crippen LogP contribution in [0.1, 0.15) is 18.1 Å². The zero-order valence-electron chi connectivity index (χ0n) is 15.1. The van der Waals surface area contributed by atoms with E-state index in [0.29, 0.717) is 12.3 Å². The number of amides is 1. The van der Waals surface area contributed by atoms with Gasteiger partial charge >= 0.3 is 0 Å². The molecule has 0 aliphatic rings. The van der Waals surface area contributed by atoms with Crippen molar-refractivity contribution in [1.82, 2.24) is 4.98 Å². The first-order valence-electron chi connectivity index (χ1n) is 9.05. The van der Waals surface area contributed by atoms with Crippen LogP contribution in [-0.4, -0.2) is 10.9 Å². The maximum absolute atomic E-state index is 12.4. The molecule has 0 unspecified atom stereocenters. The van der Waals surface area contributed by atoms with E-state index in [0.717, 1.165) is 34.3 Å². The summed E-state index contributed by atoms with van der Waals surface area (Å²) in [6, 6.07) is 23.3. The second-order valence-electron chi connectivity index (χ2n) is 6.46. The zero-order chi connectivity index (χ0) is 18.6. The molecule has 134 valence electrons. The number of aromatic nitrogens is 1. The topological polar surface area (TPSA) is 55.1 Å². The number of anilines is 1. The van der Waals surface area contributed by atoms with Gasteiger partial charge in [-0.15, -0.1) is 0 Å². The van der Waals surface area contributed by atoms with Gasteiger partial charge in [-0.2, -0.15) is 0 Å². The summed E-state index contributed by atoms with van der Waals surface area (Å²) in [6.07, 6.45) is 1.34. The average molecular weight is 356 g/mol. The molecule has 4 rings (SSSR count). The summed E-state index contributed by atoms with van der Waals surface area (Å²) in [7, 11) is 0. The summed E-state index contributed by atoms with van der Waals surface area (Å²) in [4.78, 5) is 16.9. The smallest absolute Gasteiger partial charge is 0.228 e. The molecule has 0 spiro atoms. The molecular formula is C23H20N2O2. The van der Waals surface area contributed by atoms with Gasteiger partial charge in [0, 0.05) is 11.3 Å². The number of para-hydroxylation sites is 2. The first-order chi connectivity index (χ1) is 13.2. The fourth-order valence-corrected chi connectivity index (χ4v) is 3.01. The van der Waals surface area contributed by atoms with Crippen LogP contribution in [0.2, 0.25) is 0 Å². The average Bonchev–Trinajstić information content (AvgIpc) is 3.13. The van der Waals surface area contributed by atoms with Crippen LogP contribution in [0.25, 0.3) is 22.6 Å². The van der Waals surface area contributed by atoms with Crippen LogP contribution in [0.5, 0.6) is 0 Å².